The number of nitrogens with one attached hydrogen (secondary N) is 1. The predicted molar refractivity (Wildman–Crippen MR) is 65.3 cm³/mol. The topological polar surface area (TPSA) is 98.2 Å². The van der Waals surface area contributed by atoms with Crippen LogP contribution in [0.15, 0.2) is 24.3 Å². The van der Waals surface area contributed by atoms with Crippen molar-refractivity contribution < 1.29 is 8.42 Å². The van der Waals surface area contributed by atoms with Crippen LogP contribution in [0.2, 0.25) is 0 Å². The van der Waals surface area contributed by atoms with Gasteiger partial charge >= 0.3 is 0 Å². The lowest BCUT2D eigenvalue weighted by atomic mass is 9.85. The molecule has 5 nitrogen and oxygen atoms in total. The van der Waals surface area contributed by atoms with Gasteiger partial charge in [0, 0.05) is 17.6 Å². The van der Waals surface area contributed by atoms with Crippen LogP contribution >= 0.6 is 0 Å². The first-order chi connectivity index (χ1) is 7.24. The number of anilines is 1. The van der Waals surface area contributed by atoms with Crippen LogP contribution in [-0.2, 0) is 15.6 Å². The summed E-state index contributed by atoms with van der Waals surface area (Å²) >= 11 is 0. The van der Waals surface area contributed by atoms with Crippen molar-refractivity contribution in [2.45, 2.75) is 19.3 Å². The van der Waals surface area contributed by atoms with Gasteiger partial charge in [-0.1, -0.05) is 26.0 Å². The standard InChI is InChI=1S/C10H17N3O2S/c1-10(2,7-11)8-3-5-9(6-4-8)13-16(12,14)15/h3-6,13H,7,11H2,1-2H3,(H2,12,14,15). The van der Waals surface area contributed by atoms with E-state index < -0.39 is 10.2 Å². The van der Waals surface area contributed by atoms with Gasteiger partial charge in [0.1, 0.15) is 0 Å². The van der Waals surface area contributed by atoms with Crippen LogP contribution in [0.3, 0.4) is 0 Å². The van der Waals surface area contributed by atoms with E-state index in [9.17, 15) is 8.42 Å². The van der Waals surface area contributed by atoms with Crippen molar-refractivity contribution in [3.63, 3.8) is 0 Å². The Morgan fingerprint density at radius 1 is 1.25 bits per heavy atom. The molecule has 0 amide bonds. The summed E-state index contributed by atoms with van der Waals surface area (Å²) in [7, 11) is -3.71. The SMILES string of the molecule is CC(C)(CN)c1ccc(NS(N)(=O)=O)cc1. The molecule has 0 aliphatic carbocycles. The lowest BCUT2D eigenvalue weighted by Gasteiger charge is -2.23. The average molecular weight is 243 g/mol. The largest absolute Gasteiger partial charge is 0.330 e. The second-order valence-electron chi connectivity index (χ2n) is 4.31. The Balaban J connectivity index is 2.92. The molecule has 0 saturated heterocycles. The molecule has 0 radical (unpaired) electrons. The minimum absolute atomic E-state index is 0.125. The Hall–Kier alpha value is -1.11. The summed E-state index contributed by atoms with van der Waals surface area (Å²) < 4.78 is 23.8. The van der Waals surface area contributed by atoms with Crippen LogP contribution in [-0.4, -0.2) is 15.0 Å². The molecule has 0 atom stereocenters. The first-order valence-corrected chi connectivity index (χ1v) is 6.40. The van der Waals surface area contributed by atoms with Gasteiger partial charge < -0.3 is 5.73 Å². The Morgan fingerprint density at radius 3 is 2.12 bits per heavy atom. The molecule has 0 aliphatic heterocycles. The zero-order chi connectivity index (χ0) is 12.4. The van der Waals surface area contributed by atoms with Gasteiger partial charge in [0.15, 0.2) is 0 Å². The summed E-state index contributed by atoms with van der Waals surface area (Å²) in [6.45, 7) is 4.57. The molecular weight excluding hydrogens is 226 g/mol. The third kappa shape index (κ3) is 3.48. The Kier molecular flexibility index (Phi) is 3.57. The molecule has 0 fully saturated rings. The second kappa shape index (κ2) is 4.40. The highest BCUT2D eigenvalue weighted by Gasteiger charge is 2.18. The minimum atomic E-state index is -3.71. The number of benzene rings is 1. The fourth-order valence-corrected chi connectivity index (χ4v) is 1.74. The van der Waals surface area contributed by atoms with E-state index in [1.54, 1.807) is 12.1 Å². The van der Waals surface area contributed by atoms with Crippen LogP contribution < -0.4 is 15.6 Å². The lowest BCUT2D eigenvalue weighted by molar-refractivity contribution is 0.539. The summed E-state index contributed by atoms with van der Waals surface area (Å²) in [5, 5.41) is 4.86. The van der Waals surface area contributed by atoms with Gasteiger partial charge in [-0.05, 0) is 17.7 Å². The predicted octanol–water partition coefficient (Wildman–Crippen LogP) is 0.538. The molecule has 0 saturated carbocycles. The summed E-state index contributed by atoms with van der Waals surface area (Å²) in [6, 6.07) is 7.00. The smallest absolute Gasteiger partial charge is 0.296 e. The van der Waals surface area contributed by atoms with Gasteiger partial charge in [0.05, 0.1) is 0 Å². The van der Waals surface area contributed by atoms with E-state index >= 15 is 0 Å². The summed E-state index contributed by atoms with van der Waals surface area (Å²) in [4.78, 5) is 0. The van der Waals surface area contributed by atoms with Crippen LogP contribution in [0.25, 0.3) is 0 Å². The third-order valence-corrected chi connectivity index (χ3v) is 2.96. The fourth-order valence-electron chi connectivity index (χ4n) is 1.27. The van der Waals surface area contributed by atoms with Crippen molar-refractivity contribution in [2.24, 2.45) is 10.9 Å². The first kappa shape index (κ1) is 13.0. The molecule has 0 bridgehead atoms. The fraction of sp³-hybridized carbons (Fsp3) is 0.400. The van der Waals surface area contributed by atoms with Gasteiger partial charge in [0.2, 0.25) is 0 Å². The number of rotatable bonds is 4. The highest BCUT2D eigenvalue weighted by Crippen LogP contribution is 2.23. The molecule has 1 rings (SSSR count). The maximum Gasteiger partial charge on any atom is 0.296 e. The molecule has 16 heavy (non-hydrogen) atoms. The van der Waals surface area contributed by atoms with Crippen molar-refractivity contribution >= 4 is 15.9 Å². The molecule has 5 N–H and O–H groups in total. The van der Waals surface area contributed by atoms with Gasteiger partial charge in [-0.3, -0.25) is 4.72 Å². The van der Waals surface area contributed by atoms with Crippen molar-refractivity contribution in [3.05, 3.63) is 29.8 Å². The highest BCUT2D eigenvalue weighted by atomic mass is 32.2. The average Bonchev–Trinajstić information content (AvgIpc) is 2.16. The molecular formula is C10H17N3O2S. The van der Waals surface area contributed by atoms with E-state index in [1.807, 2.05) is 26.0 Å². The highest BCUT2D eigenvalue weighted by molar-refractivity contribution is 7.90. The molecule has 6 heteroatoms. The zero-order valence-electron chi connectivity index (χ0n) is 9.40. The second-order valence-corrected chi connectivity index (χ2v) is 5.61. The van der Waals surface area contributed by atoms with Crippen LogP contribution in [0.4, 0.5) is 5.69 Å². The molecule has 90 valence electrons. The van der Waals surface area contributed by atoms with E-state index in [1.165, 1.54) is 0 Å². The summed E-state index contributed by atoms with van der Waals surface area (Å²) in [6.07, 6.45) is 0. The lowest BCUT2D eigenvalue weighted by Crippen LogP contribution is -2.28. The van der Waals surface area contributed by atoms with E-state index in [0.717, 1.165) is 5.56 Å². The monoisotopic (exact) mass is 243 g/mol. The van der Waals surface area contributed by atoms with Gasteiger partial charge in [-0.25, -0.2) is 5.14 Å². The van der Waals surface area contributed by atoms with Crippen LogP contribution in [0, 0.1) is 0 Å². The molecule has 0 heterocycles. The van der Waals surface area contributed by atoms with Crippen LogP contribution in [0.5, 0.6) is 0 Å². The van der Waals surface area contributed by atoms with Crippen molar-refractivity contribution in [2.75, 3.05) is 11.3 Å². The van der Waals surface area contributed by atoms with Crippen molar-refractivity contribution in [1.82, 2.24) is 0 Å². The van der Waals surface area contributed by atoms with Crippen molar-refractivity contribution in [1.29, 1.82) is 0 Å². The summed E-state index contributed by atoms with van der Waals surface area (Å²) in [5.41, 5.74) is 7.02. The maximum atomic E-state index is 10.8. The quantitative estimate of drug-likeness (QED) is 0.719. The van der Waals surface area contributed by atoms with Gasteiger partial charge in [0.25, 0.3) is 10.2 Å². The van der Waals surface area contributed by atoms with Crippen molar-refractivity contribution in [3.8, 4) is 0 Å². The Bertz CT molecular complexity index is 451. The van der Waals surface area contributed by atoms with E-state index in [-0.39, 0.29) is 5.41 Å². The maximum absolute atomic E-state index is 10.8. The first-order valence-electron chi connectivity index (χ1n) is 4.86. The Labute approximate surface area is 96.0 Å². The molecule has 0 spiro atoms. The molecule has 1 aromatic carbocycles. The van der Waals surface area contributed by atoms with E-state index in [2.05, 4.69) is 4.72 Å². The minimum Gasteiger partial charge on any atom is -0.330 e. The normalized spacial score (nSPS) is 12.5. The van der Waals surface area contributed by atoms with Gasteiger partial charge in [-0.15, -0.1) is 0 Å². The molecule has 0 unspecified atom stereocenters. The van der Waals surface area contributed by atoms with E-state index in [4.69, 9.17) is 10.9 Å². The van der Waals surface area contributed by atoms with E-state index in [0.29, 0.717) is 12.2 Å². The summed E-state index contributed by atoms with van der Waals surface area (Å²) in [5.74, 6) is 0. The number of nitrogens with two attached hydrogens (primary N) is 2. The number of hydrogen-bond acceptors (Lipinski definition) is 3. The van der Waals surface area contributed by atoms with Gasteiger partial charge in [-0.2, -0.15) is 8.42 Å². The van der Waals surface area contributed by atoms with Crippen LogP contribution in [0.1, 0.15) is 19.4 Å². The molecule has 1 aromatic rings. The molecule has 0 aromatic heterocycles. The zero-order valence-corrected chi connectivity index (χ0v) is 10.2. The number of hydrogen-bond donors (Lipinski definition) is 3. The third-order valence-electron chi connectivity index (χ3n) is 2.44. The Morgan fingerprint density at radius 2 is 1.75 bits per heavy atom. The molecule has 0 aliphatic rings.